The van der Waals surface area contributed by atoms with Gasteiger partial charge in [-0.2, -0.15) is 5.26 Å². The molecule has 0 bridgehead atoms. The smallest absolute Gasteiger partial charge is 0.316 e. The molecule has 2 atom stereocenters. The van der Waals surface area contributed by atoms with E-state index in [0.717, 1.165) is 11.1 Å². The van der Waals surface area contributed by atoms with Crippen LogP contribution in [0, 0.1) is 24.2 Å². The second-order valence-electron chi connectivity index (χ2n) is 7.27. The Labute approximate surface area is 192 Å². The number of benzene rings is 2. The van der Waals surface area contributed by atoms with Crippen molar-refractivity contribution in [3.8, 4) is 6.07 Å². The molecule has 2 aromatic rings. The maximum atomic E-state index is 13.4. The third kappa shape index (κ3) is 5.21. The molecule has 1 amide bonds. The number of amides is 1. The summed E-state index contributed by atoms with van der Waals surface area (Å²) in [4.78, 5) is 25.3. The van der Waals surface area contributed by atoms with Gasteiger partial charge in [-0.25, -0.2) is 0 Å². The molecule has 1 aliphatic rings. The van der Waals surface area contributed by atoms with Gasteiger partial charge >= 0.3 is 5.97 Å². The fraction of sp³-hybridized carbons (Fsp3) is 0.240. The van der Waals surface area contributed by atoms with Crippen molar-refractivity contribution in [2.24, 2.45) is 5.92 Å². The number of aryl methyl sites for hydroxylation is 1. The summed E-state index contributed by atoms with van der Waals surface area (Å²) >= 11 is 1.18. The summed E-state index contributed by atoms with van der Waals surface area (Å²) in [5.41, 5.74) is 3.33. The van der Waals surface area contributed by atoms with Gasteiger partial charge in [0.1, 0.15) is 0 Å². The molecular formula is C25H25N3O3S. The van der Waals surface area contributed by atoms with Gasteiger partial charge in [0.2, 0.25) is 5.91 Å². The third-order valence-electron chi connectivity index (χ3n) is 5.14. The highest BCUT2D eigenvalue weighted by Gasteiger charge is 2.40. The van der Waals surface area contributed by atoms with Crippen molar-refractivity contribution < 1.29 is 14.3 Å². The summed E-state index contributed by atoms with van der Waals surface area (Å²) in [6.45, 7) is 8.05. The summed E-state index contributed by atoms with van der Waals surface area (Å²) < 4.78 is 5.00. The van der Waals surface area contributed by atoms with Crippen LogP contribution in [-0.4, -0.2) is 24.2 Å². The van der Waals surface area contributed by atoms with Crippen molar-refractivity contribution >= 4 is 29.3 Å². The first-order valence-electron chi connectivity index (χ1n) is 10.3. The Kier molecular flexibility index (Phi) is 7.74. The number of esters is 1. The molecule has 0 radical (unpaired) electrons. The summed E-state index contributed by atoms with van der Waals surface area (Å²) in [5, 5.41) is 16.6. The van der Waals surface area contributed by atoms with Gasteiger partial charge < -0.3 is 15.4 Å². The van der Waals surface area contributed by atoms with E-state index in [2.05, 4.69) is 23.3 Å². The molecule has 0 spiro atoms. The quantitative estimate of drug-likeness (QED) is 0.608. The normalized spacial score (nSPS) is 17.8. The number of nitrogens with one attached hydrogen (secondary N) is 2. The molecule has 3 rings (SSSR count). The lowest BCUT2D eigenvalue weighted by Gasteiger charge is -2.34. The maximum absolute atomic E-state index is 13.4. The largest absolute Gasteiger partial charge is 0.465 e. The molecule has 1 heterocycles. The van der Waals surface area contributed by atoms with Crippen LogP contribution in [0.5, 0.6) is 0 Å². The minimum atomic E-state index is -0.710. The van der Waals surface area contributed by atoms with Crippen LogP contribution >= 0.6 is 11.8 Å². The lowest BCUT2D eigenvalue weighted by atomic mass is 9.77. The van der Waals surface area contributed by atoms with Crippen molar-refractivity contribution in [3.63, 3.8) is 0 Å². The number of para-hydroxylation sites is 1. The van der Waals surface area contributed by atoms with Gasteiger partial charge in [0, 0.05) is 17.3 Å². The molecule has 2 unspecified atom stereocenters. The molecule has 6 nitrogen and oxygen atoms in total. The van der Waals surface area contributed by atoms with Crippen LogP contribution in [0.2, 0.25) is 0 Å². The molecule has 0 aromatic heterocycles. The predicted molar refractivity (Wildman–Crippen MR) is 126 cm³/mol. The summed E-state index contributed by atoms with van der Waals surface area (Å²) in [7, 11) is 0. The first-order chi connectivity index (χ1) is 15.5. The van der Waals surface area contributed by atoms with Crippen molar-refractivity contribution in [1.29, 1.82) is 5.26 Å². The molecule has 0 aliphatic carbocycles. The summed E-state index contributed by atoms with van der Waals surface area (Å²) in [6, 6.07) is 19.2. The number of carbonyl (C=O) groups excluding carboxylic acids is 2. The molecule has 0 saturated carbocycles. The lowest BCUT2D eigenvalue weighted by Crippen LogP contribution is -2.39. The van der Waals surface area contributed by atoms with E-state index in [-0.39, 0.29) is 24.2 Å². The third-order valence-corrected chi connectivity index (χ3v) is 6.13. The van der Waals surface area contributed by atoms with Gasteiger partial charge in [0.25, 0.3) is 0 Å². The molecular weight excluding hydrogens is 422 g/mol. The fourth-order valence-corrected chi connectivity index (χ4v) is 4.50. The second kappa shape index (κ2) is 10.7. The number of nitriles is 1. The molecule has 0 fully saturated rings. The van der Waals surface area contributed by atoms with Crippen molar-refractivity contribution in [3.05, 3.63) is 88.6 Å². The Bertz CT molecular complexity index is 1090. The van der Waals surface area contributed by atoms with Crippen molar-refractivity contribution in [1.82, 2.24) is 5.32 Å². The predicted octanol–water partition coefficient (Wildman–Crippen LogP) is 4.48. The Morgan fingerprint density at radius 3 is 2.53 bits per heavy atom. The topological polar surface area (TPSA) is 91.2 Å². The molecule has 32 heavy (non-hydrogen) atoms. The van der Waals surface area contributed by atoms with E-state index in [4.69, 9.17) is 4.74 Å². The van der Waals surface area contributed by atoms with Crippen LogP contribution in [-0.2, 0) is 14.3 Å². The standard InChI is InChI=1S/C25H25N3O3S/c1-4-31-21(29)15-32-25-19(14-26)23(18-11-6-5-7-12-18)22(17(3)27-25)24(30)28-20-13-9-8-10-16(20)2/h5-13,22-23,27H,3-4,15H2,1-2H3,(H,28,30). The number of thioether (sulfide) groups is 1. The number of rotatable bonds is 7. The van der Waals surface area contributed by atoms with Gasteiger partial charge in [0.15, 0.2) is 0 Å². The van der Waals surface area contributed by atoms with Gasteiger partial charge in [-0.1, -0.05) is 66.9 Å². The van der Waals surface area contributed by atoms with Gasteiger partial charge in [-0.3, -0.25) is 9.59 Å². The van der Waals surface area contributed by atoms with E-state index >= 15 is 0 Å². The van der Waals surface area contributed by atoms with Crippen LogP contribution in [0.1, 0.15) is 24.0 Å². The van der Waals surface area contributed by atoms with E-state index in [1.807, 2.05) is 61.5 Å². The van der Waals surface area contributed by atoms with E-state index in [1.54, 1.807) is 6.92 Å². The highest BCUT2D eigenvalue weighted by molar-refractivity contribution is 8.03. The number of ether oxygens (including phenoxy) is 1. The highest BCUT2D eigenvalue weighted by atomic mass is 32.2. The Balaban J connectivity index is 1.99. The summed E-state index contributed by atoms with van der Waals surface area (Å²) in [6.07, 6.45) is 0. The SMILES string of the molecule is C=C1NC(SCC(=O)OCC)=C(C#N)C(c2ccccc2)C1C(=O)Nc1ccccc1C. The number of nitrogens with zero attached hydrogens (tertiary/aromatic N) is 1. The van der Waals surface area contributed by atoms with Gasteiger partial charge in [-0.15, -0.1) is 0 Å². The number of hydrogen-bond acceptors (Lipinski definition) is 6. The number of allylic oxidation sites excluding steroid dienone is 1. The minimum absolute atomic E-state index is 0.0518. The van der Waals surface area contributed by atoms with Crippen LogP contribution in [0.25, 0.3) is 0 Å². The molecule has 164 valence electrons. The second-order valence-corrected chi connectivity index (χ2v) is 8.25. The number of anilines is 1. The van der Waals surface area contributed by atoms with Gasteiger partial charge in [-0.05, 0) is 31.0 Å². The zero-order valence-electron chi connectivity index (χ0n) is 18.1. The van der Waals surface area contributed by atoms with E-state index in [9.17, 15) is 14.9 Å². The van der Waals surface area contributed by atoms with Crippen molar-refractivity contribution in [2.75, 3.05) is 17.7 Å². The van der Waals surface area contributed by atoms with E-state index in [0.29, 0.717) is 22.0 Å². The Morgan fingerprint density at radius 1 is 1.19 bits per heavy atom. The monoisotopic (exact) mass is 447 g/mol. The first kappa shape index (κ1) is 23.2. The average Bonchev–Trinajstić information content (AvgIpc) is 2.79. The zero-order valence-corrected chi connectivity index (χ0v) is 18.9. The summed E-state index contributed by atoms with van der Waals surface area (Å²) in [5.74, 6) is -1.82. The van der Waals surface area contributed by atoms with Gasteiger partial charge in [0.05, 0.1) is 34.9 Å². The Hall–Kier alpha value is -3.50. The van der Waals surface area contributed by atoms with E-state index in [1.165, 1.54) is 11.8 Å². The highest BCUT2D eigenvalue weighted by Crippen LogP contribution is 2.43. The van der Waals surface area contributed by atoms with Crippen LogP contribution < -0.4 is 10.6 Å². The van der Waals surface area contributed by atoms with Crippen molar-refractivity contribution in [2.45, 2.75) is 19.8 Å². The first-order valence-corrected chi connectivity index (χ1v) is 11.2. The fourth-order valence-electron chi connectivity index (χ4n) is 3.62. The van der Waals surface area contributed by atoms with E-state index < -0.39 is 11.8 Å². The number of hydrogen-bond donors (Lipinski definition) is 2. The van der Waals surface area contributed by atoms with Crippen LogP contribution in [0.3, 0.4) is 0 Å². The molecule has 2 aromatic carbocycles. The van der Waals surface area contributed by atoms with Crippen LogP contribution in [0.4, 0.5) is 5.69 Å². The molecule has 1 aliphatic heterocycles. The Morgan fingerprint density at radius 2 is 1.88 bits per heavy atom. The zero-order chi connectivity index (χ0) is 23.1. The minimum Gasteiger partial charge on any atom is -0.465 e. The average molecular weight is 448 g/mol. The lowest BCUT2D eigenvalue weighted by molar-refractivity contribution is -0.139. The molecule has 2 N–H and O–H groups in total. The molecule has 0 saturated heterocycles. The van der Waals surface area contributed by atoms with Crippen LogP contribution in [0.15, 0.2) is 77.5 Å². The maximum Gasteiger partial charge on any atom is 0.316 e. The number of carbonyl (C=O) groups is 2. The molecule has 7 heteroatoms.